The van der Waals surface area contributed by atoms with Gasteiger partial charge in [-0.15, -0.1) is 0 Å². The van der Waals surface area contributed by atoms with Gasteiger partial charge in [0.15, 0.2) is 0 Å². The minimum absolute atomic E-state index is 0.0222. The van der Waals surface area contributed by atoms with E-state index in [2.05, 4.69) is 0 Å². The topological polar surface area (TPSA) is 59.4 Å². The van der Waals surface area contributed by atoms with Crippen molar-refractivity contribution >= 4 is 22.6 Å². The molecule has 2 heterocycles. The van der Waals surface area contributed by atoms with E-state index in [-0.39, 0.29) is 23.8 Å². The second kappa shape index (κ2) is 5.52. The van der Waals surface area contributed by atoms with Crippen molar-refractivity contribution in [2.45, 2.75) is 19.4 Å². The number of rotatable bonds is 2. The predicted molar refractivity (Wildman–Crippen MR) is 79.0 cm³/mol. The molecule has 1 aromatic heterocycles. The average Bonchev–Trinajstić information content (AvgIpc) is 2.51. The third-order valence-corrected chi connectivity index (χ3v) is 3.87. The molecule has 0 N–H and O–H groups in total. The maximum Gasteiger partial charge on any atom is 0.251 e. The Hall–Kier alpha value is -2.43. The summed E-state index contributed by atoms with van der Waals surface area (Å²) in [6, 6.07) is 10.7. The van der Waals surface area contributed by atoms with Gasteiger partial charge in [-0.05, 0) is 17.5 Å². The molecule has 108 valence electrons. The van der Waals surface area contributed by atoms with Crippen LogP contribution in [-0.4, -0.2) is 34.2 Å². The Morgan fingerprint density at radius 2 is 1.71 bits per heavy atom. The number of Topliss-reactive ketones (excluding diaryl/α,β-unsaturated/α-hetero) is 1. The van der Waals surface area contributed by atoms with E-state index < -0.39 is 0 Å². The Balaban J connectivity index is 1.88. The first-order chi connectivity index (χ1) is 10.1. The molecule has 5 heteroatoms. The highest BCUT2D eigenvalue weighted by molar-refractivity contribution is 5.85. The molecule has 0 saturated carbocycles. The van der Waals surface area contributed by atoms with Crippen molar-refractivity contribution in [1.29, 1.82) is 0 Å². The third-order valence-electron chi connectivity index (χ3n) is 3.87. The first-order valence-corrected chi connectivity index (χ1v) is 7.03. The van der Waals surface area contributed by atoms with Gasteiger partial charge in [0.05, 0.1) is 5.52 Å². The standard InChI is InChI=1S/C16H16N2O3/c19-13-7-9-17(10-8-13)16(21)11-18-14-4-2-1-3-12(14)5-6-15(18)20/h1-6H,7-11H2. The molecule has 1 aliphatic rings. The summed E-state index contributed by atoms with van der Waals surface area (Å²) < 4.78 is 1.49. The zero-order valence-electron chi connectivity index (χ0n) is 11.6. The number of likely N-dealkylation sites (tertiary alicyclic amines) is 1. The molecule has 0 unspecified atom stereocenters. The molecule has 1 saturated heterocycles. The molecule has 0 radical (unpaired) electrons. The molecule has 1 fully saturated rings. The summed E-state index contributed by atoms with van der Waals surface area (Å²) in [6.07, 6.45) is 0.826. The van der Waals surface area contributed by atoms with Gasteiger partial charge in [-0.1, -0.05) is 18.2 Å². The summed E-state index contributed by atoms with van der Waals surface area (Å²) in [7, 11) is 0. The molecule has 1 amide bonds. The molecule has 2 aromatic rings. The summed E-state index contributed by atoms with van der Waals surface area (Å²) in [5.41, 5.74) is 0.571. The minimum atomic E-state index is -0.185. The molecular formula is C16H16N2O3. The van der Waals surface area contributed by atoms with E-state index in [1.165, 1.54) is 10.6 Å². The minimum Gasteiger partial charge on any atom is -0.340 e. The summed E-state index contributed by atoms with van der Waals surface area (Å²) in [5.74, 6) is 0.0855. The third kappa shape index (κ3) is 2.72. The smallest absolute Gasteiger partial charge is 0.251 e. The van der Waals surface area contributed by atoms with Crippen LogP contribution in [0.15, 0.2) is 41.2 Å². The van der Waals surface area contributed by atoms with Crippen LogP contribution in [0, 0.1) is 0 Å². The molecule has 0 atom stereocenters. The van der Waals surface area contributed by atoms with Crippen LogP contribution in [0.3, 0.4) is 0 Å². The Morgan fingerprint density at radius 3 is 2.48 bits per heavy atom. The summed E-state index contributed by atoms with van der Waals surface area (Å²) in [6.45, 7) is 0.933. The highest BCUT2D eigenvalue weighted by Gasteiger charge is 2.21. The number of ketones is 1. The second-order valence-corrected chi connectivity index (χ2v) is 5.24. The van der Waals surface area contributed by atoms with Gasteiger partial charge >= 0.3 is 0 Å². The first-order valence-electron chi connectivity index (χ1n) is 7.03. The van der Waals surface area contributed by atoms with Crippen LogP contribution in [0.4, 0.5) is 0 Å². The van der Waals surface area contributed by atoms with Gasteiger partial charge in [-0.25, -0.2) is 0 Å². The number of para-hydroxylation sites is 1. The number of piperidine rings is 1. The highest BCUT2D eigenvalue weighted by Crippen LogP contribution is 2.12. The number of carbonyl (C=O) groups is 2. The van der Waals surface area contributed by atoms with Gasteiger partial charge < -0.3 is 4.90 Å². The Morgan fingerprint density at radius 1 is 1.00 bits per heavy atom. The van der Waals surface area contributed by atoms with Gasteiger partial charge in [-0.3, -0.25) is 19.0 Å². The van der Waals surface area contributed by atoms with Gasteiger partial charge in [0, 0.05) is 32.0 Å². The summed E-state index contributed by atoms with van der Waals surface area (Å²) in [4.78, 5) is 37.3. The van der Waals surface area contributed by atoms with Crippen LogP contribution in [0.1, 0.15) is 12.8 Å². The molecule has 5 nitrogen and oxygen atoms in total. The number of hydrogen-bond donors (Lipinski definition) is 0. The van der Waals surface area contributed by atoms with Crippen LogP contribution in [0.5, 0.6) is 0 Å². The summed E-state index contributed by atoms with van der Waals surface area (Å²) in [5, 5.41) is 0.929. The zero-order valence-corrected chi connectivity index (χ0v) is 11.6. The quantitative estimate of drug-likeness (QED) is 0.832. The number of aromatic nitrogens is 1. The number of fused-ring (bicyclic) bond motifs is 1. The fraction of sp³-hybridized carbons (Fsp3) is 0.312. The molecule has 0 spiro atoms. The predicted octanol–water partition coefficient (Wildman–Crippen LogP) is 1.19. The lowest BCUT2D eigenvalue weighted by Gasteiger charge is -2.26. The lowest BCUT2D eigenvalue weighted by molar-refractivity contribution is -0.135. The van der Waals surface area contributed by atoms with Crippen LogP contribution in [-0.2, 0) is 16.1 Å². The Kier molecular flexibility index (Phi) is 3.56. The Bertz CT molecular complexity index is 753. The lowest BCUT2D eigenvalue weighted by Crippen LogP contribution is -2.41. The van der Waals surface area contributed by atoms with Crippen molar-refractivity contribution in [3.8, 4) is 0 Å². The van der Waals surface area contributed by atoms with Crippen LogP contribution in [0.25, 0.3) is 10.9 Å². The van der Waals surface area contributed by atoms with E-state index in [1.54, 1.807) is 11.0 Å². The van der Waals surface area contributed by atoms with E-state index in [0.717, 1.165) is 10.9 Å². The zero-order chi connectivity index (χ0) is 14.8. The van der Waals surface area contributed by atoms with Gasteiger partial charge in [0.25, 0.3) is 5.56 Å². The van der Waals surface area contributed by atoms with Crippen molar-refractivity contribution in [3.63, 3.8) is 0 Å². The van der Waals surface area contributed by atoms with Gasteiger partial charge in [-0.2, -0.15) is 0 Å². The van der Waals surface area contributed by atoms with Crippen LogP contribution < -0.4 is 5.56 Å². The van der Waals surface area contributed by atoms with Crippen LogP contribution in [0.2, 0.25) is 0 Å². The number of amides is 1. The number of benzene rings is 1. The molecule has 21 heavy (non-hydrogen) atoms. The van der Waals surface area contributed by atoms with Gasteiger partial charge in [0.1, 0.15) is 12.3 Å². The number of carbonyl (C=O) groups excluding carboxylic acids is 2. The number of pyridine rings is 1. The summed E-state index contributed by atoms with van der Waals surface area (Å²) >= 11 is 0. The maximum absolute atomic E-state index is 12.3. The highest BCUT2D eigenvalue weighted by atomic mass is 16.2. The lowest BCUT2D eigenvalue weighted by atomic mass is 10.1. The van der Waals surface area contributed by atoms with Crippen molar-refractivity contribution in [2.24, 2.45) is 0 Å². The fourth-order valence-electron chi connectivity index (χ4n) is 2.65. The first kappa shape index (κ1) is 13.5. The second-order valence-electron chi connectivity index (χ2n) is 5.24. The average molecular weight is 284 g/mol. The maximum atomic E-state index is 12.3. The molecule has 1 aliphatic heterocycles. The van der Waals surface area contributed by atoms with Gasteiger partial charge in [0.2, 0.25) is 5.91 Å². The Labute approximate surface area is 121 Å². The molecule has 0 bridgehead atoms. The molecule has 3 rings (SSSR count). The monoisotopic (exact) mass is 284 g/mol. The molecular weight excluding hydrogens is 268 g/mol. The van der Waals surface area contributed by atoms with Crippen molar-refractivity contribution in [2.75, 3.05) is 13.1 Å². The number of nitrogens with zero attached hydrogens (tertiary/aromatic N) is 2. The molecule has 1 aromatic carbocycles. The van der Waals surface area contributed by atoms with E-state index in [1.807, 2.05) is 24.3 Å². The molecule has 0 aliphatic carbocycles. The SMILES string of the molecule is O=C1CCN(C(=O)Cn2c(=O)ccc3ccccc32)CC1. The van der Waals surface area contributed by atoms with E-state index in [4.69, 9.17) is 0 Å². The normalized spacial score (nSPS) is 15.4. The van der Waals surface area contributed by atoms with E-state index >= 15 is 0 Å². The fourth-order valence-corrected chi connectivity index (χ4v) is 2.65. The van der Waals surface area contributed by atoms with E-state index in [9.17, 15) is 14.4 Å². The van der Waals surface area contributed by atoms with Crippen LogP contribution >= 0.6 is 0 Å². The van der Waals surface area contributed by atoms with Crippen molar-refractivity contribution in [3.05, 3.63) is 46.8 Å². The largest absolute Gasteiger partial charge is 0.340 e. The number of hydrogen-bond acceptors (Lipinski definition) is 3. The van der Waals surface area contributed by atoms with Crippen molar-refractivity contribution < 1.29 is 9.59 Å². The van der Waals surface area contributed by atoms with E-state index in [0.29, 0.717) is 25.9 Å². The van der Waals surface area contributed by atoms with Crippen molar-refractivity contribution in [1.82, 2.24) is 9.47 Å².